The topological polar surface area (TPSA) is 148 Å². The third-order valence-electron chi connectivity index (χ3n) is 9.54. The standard InChI is InChI=1S/C34H52N2O11Si/c1-30(2,3)47-29(40)36-24(19-46-48(9,10)31(4,5)6)16-17-33(36,27(38)41-8)26(37)25(34-43-20-32(7,21-44-34)22-45-34)35-28(39)42-18-23-14-12-11-13-15-23/h11-15,24-25H,16-22H2,1-10H3,(H,35,39)/t24-,25-,32?,33-,34?/m1/s1. The van der Waals surface area contributed by atoms with Crippen molar-refractivity contribution in [2.45, 2.75) is 115 Å². The fraction of sp³-hybridized carbons (Fsp3) is 0.706. The maximum atomic E-state index is 15.1. The molecule has 4 aliphatic heterocycles. The normalized spacial score (nSPS) is 28.0. The minimum absolute atomic E-state index is 0.0476. The van der Waals surface area contributed by atoms with Crippen molar-refractivity contribution in [2.75, 3.05) is 33.5 Å². The number of carbonyl (C=O) groups is 4. The Kier molecular flexibility index (Phi) is 10.8. The molecule has 0 aliphatic carbocycles. The molecule has 1 N–H and O–H groups in total. The Morgan fingerprint density at radius 1 is 1.00 bits per heavy atom. The number of ether oxygens (including phenoxy) is 6. The van der Waals surface area contributed by atoms with E-state index in [1.54, 1.807) is 45.0 Å². The van der Waals surface area contributed by atoms with Gasteiger partial charge in [-0.05, 0) is 57.3 Å². The van der Waals surface area contributed by atoms with Crippen molar-refractivity contribution in [1.29, 1.82) is 0 Å². The second-order valence-electron chi connectivity index (χ2n) is 15.7. The average Bonchev–Trinajstić information content (AvgIpc) is 3.41. The average molecular weight is 693 g/mol. The van der Waals surface area contributed by atoms with E-state index < -0.39 is 66.9 Å². The van der Waals surface area contributed by atoms with E-state index in [-0.39, 0.29) is 50.9 Å². The Balaban J connectivity index is 1.76. The van der Waals surface area contributed by atoms with Crippen LogP contribution in [0, 0.1) is 5.41 Å². The number of methoxy groups -OCH3 is 1. The molecule has 0 aromatic heterocycles. The fourth-order valence-corrected chi connectivity index (χ4v) is 6.75. The van der Waals surface area contributed by atoms with E-state index in [4.69, 9.17) is 32.8 Å². The number of rotatable bonds is 10. The van der Waals surface area contributed by atoms with E-state index in [1.807, 2.05) is 13.0 Å². The Bertz CT molecular complexity index is 1330. The highest BCUT2D eigenvalue weighted by Gasteiger charge is 2.68. The SMILES string of the molecule is COC(=O)[C@]1(C(=O)[C@@H](NC(=O)OCc2ccccc2)C23OCC(C)(CO2)CO3)CC[C@H](CO[Si](C)(C)C(C)(C)C)N1C(=O)OC(C)(C)C. The minimum Gasteiger partial charge on any atom is -0.467 e. The number of amides is 2. The predicted molar refractivity (Wildman–Crippen MR) is 176 cm³/mol. The summed E-state index contributed by atoms with van der Waals surface area (Å²) in [6, 6.07) is 6.49. The van der Waals surface area contributed by atoms with Crippen molar-refractivity contribution in [3.63, 3.8) is 0 Å². The highest BCUT2D eigenvalue weighted by atomic mass is 28.4. The van der Waals surface area contributed by atoms with Crippen LogP contribution in [0.2, 0.25) is 18.1 Å². The van der Waals surface area contributed by atoms with E-state index >= 15 is 4.79 Å². The first-order valence-electron chi connectivity index (χ1n) is 16.4. The molecule has 2 amide bonds. The summed E-state index contributed by atoms with van der Waals surface area (Å²) in [6.45, 7) is 17.8. The van der Waals surface area contributed by atoms with Crippen molar-refractivity contribution in [3.8, 4) is 0 Å². The molecule has 4 aliphatic rings. The number of alkyl carbamates (subject to hydrolysis) is 1. The van der Waals surface area contributed by atoms with Crippen LogP contribution in [-0.2, 0) is 49.0 Å². The Morgan fingerprint density at radius 2 is 1.58 bits per heavy atom. The molecule has 2 bridgehead atoms. The summed E-state index contributed by atoms with van der Waals surface area (Å²) in [4.78, 5) is 57.7. The number of hydrogen-bond donors (Lipinski definition) is 1. The van der Waals surface area contributed by atoms with Gasteiger partial charge < -0.3 is 38.2 Å². The second kappa shape index (κ2) is 13.7. The summed E-state index contributed by atoms with van der Waals surface area (Å²) in [5.41, 5.74) is -3.00. The zero-order valence-corrected chi connectivity index (χ0v) is 30.9. The molecule has 14 heteroatoms. The van der Waals surface area contributed by atoms with Crippen LogP contribution in [0.3, 0.4) is 0 Å². The van der Waals surface area contributed by atoms with Crippen molar-refractivity contribution in [2.24, 2.45) is 5.41 Å². The molecule has 1 aromatic rings. The first-order chi connectivity index (χ1) is 22.2. The molecule has 5 rings (SSSR count). The quantitative estimate of drug-likeness (QED) is 0.154. The molecule has 48 heavy (non-hydrogen) atoms. The minimum atomic E-state index is -2.33. The highest BCUT2D eigenvalue weighted by Crippen LogP contribution is 2.45. The third-order valence-corrected chi connectivity index (χ3v) is 14.0. The summed E-state index contributed by atoms with van der Waals surface area (Å²) >= 11 is 0. The van der Waals surface area contributed by atoms with Gasteiger partial charge >= 0.3 is 24.1 Å². The predicted octanol–water partition coefficient (Wildman–Crippen LogP) is 4.92. The molecular weight excluding hydrogens is 640 g/mol. The van der Waals surface area contributed by atoms with Gasteiger partial charge in [0.05, 0.1) is 39.6 Å². The smallest absolute Gasteiger partial charge is 0.411 e. The number of nitrogens with zero attached hydrogens (tertiary/aromatic N) is 1. The van der Waals surface area contributed by atoms with Crippen LogP contribution in [0.25, 0.3) is 0 Å². The monoisotopic (exact) mass is 692 g/mol. The number of esters is 1. The lowest BCUT2D eigenvalue weighted by atomic mass is 9.84. The van der Waals surface area contributed by atoms with Crippen LogP contribution < -0.4 is 5.32 Å². The highest BCUT2D eigenvalue weighted by molar-refractivity contribution is 6.74. The molecular formula is C34H52N2O11Si. The van der Waals surface area contributed by atoms with E-state index in [0.29, 0.717) is 5.56 Å². The molecule has 4 saturated heterocycles. The van der Waals surface area contributed by atoms with Gasteiger partial charge in [0.2, 0.25) is 11.3 Å². The summed E-state index contributed by atoms with van der Waals surface area (Å²) in [7, 11) is -1.20. The maximum Gasteiger partial charge on any atom is 0.411 e. The summed E-state index contributed by atoms with van der Waals surface area (Å²) in [5, 5.41) is 2.42. The molecule has 13 nitrogen and oxygen atoms in total. The van der Waals surface area contributed by atoms with Crippen LogP contribution >= 0.6 is 0 Å². The summed E-state index contributed by atoms with van der Waals surface area (Å²) in [6.07, 6.45) is -1.84. The van der Waals surface area contributed by atoms with Crippen molar-refractivity contribution >= 4 is 32.3 Å². The number of Topliss-reactive ketones (excluding diaryl/α,β-unsaturated/α-hetero) is 1. The van der Waals surface area contributed by atoms with Crippen LogP contribution in [-0.4, -0.2) is 99.9 Å². The third kappa shape index (κ3) is 7.72. The fourth-order valence-electron chi connectivity index (χ4n) is 5.70. The van der Waals surface area contributed by atoms with Gasteiger partial charge in [-0.1, -0.05) is 58.0 Å². The van der Waals surface area contributed by atoms with Gasteiger partial charge in [0.15, 0.2) is 14.4 Å². The molecule has 0 spiro atoms. The number of ketones is 1. The number of nitrogens with one attached hydrogen (secondary N) is 1. The van der Waals surface area contributed by atoms with E-state index in [9.17, 15) is 14.4 Å². The maximum absolute atomic E-state index is 15.1. The molecule has 268 valence electrons. The van der Waals surface area contributed by atoms with Gasteiger partial charge in [-0.2, -0.15) is 0 Å². The number of benzene rings is 1. The second-order valence-corrected chi connectivity index (χ2v) is 20.6. The van der Waals surface area contributed by atoms with Gasteiger partial charge in [0, 0.05) is 5.41 Å². The van der Waals surface area contributed by atoms with Crippen LogP contribution in [0.15, 0.2) is 30.3 Å². The molecule has 0 unspecified atom stereocenters. The lowest BCUT2D eigenvalue weighted by Crippen LogP contribution is -2.74. The Hall–Kier alpha value is -3.04. The van der Waals surface area contributed by atoms with Gasteiger partial charge in [-0.25, -0.2) is 14.4 Å². The van der Waals surface area contributed by atoms with Crippen molar-refractivity contribution < 1.29 is 52.0 Å². The first kappa shape index (κ1) is 37.8. The molecule has 0 saturated carbocycles. The number of carbonyl (C=O) groups excluding carboxylic acids is 4. The number of hydrogen-bond acceptors (Lipinski definition) is 11. The molecule has 1 aromatic carbocycles. The van der Waals surface area contributed by atoms with E-state index in [0.717, 1.165) is 12.0 Å². The van der Waals surface area contributed by atoms with Crippen LogP contribution in [0.5, 0.6) is 0 Å². The molecule has 3 atom stereocenters. The zero-order chi connectivity index (χ0) is 35.8. The first-order valence-corrected chi connectivity index (χ1v) is 19.3. The van der Waals surface area contributed by atoms with Crippen molar-refractivity contribution in [3.05, 3.63) is 35.9 Å². The van der Waals surface area contributed by atoms with Gasteiger partial charge in [-0.15, -0.1) is 0 Å². The lowest BCUT2D eigenvalue weighted by Gasteiger charge is -2.53. The lowest BCUT2D eigenvalue weighted by molar-refractivity contribution is -0.469. The van der Waals surface area contributed by atoms with E-state index in [1.165, 1.54) is 0 Å². The van der Waals surface area contributed by atoms with Gasteiger partial charge in [0.1, 0.15) is 12.2 Å². The number of fused-ring (bicyclic) bond motifs is 3. The van der Waals surface area contributed by atoms with E-state index in [2.05, 4.69) is 39.2 Å². The van der Waals surface area contributed by atoms with Crippen LogP contribution in [0.1, 0.15) is 66.9 Å². The molecule has 0 radical (unpaired) electrons. The molecule has 4 heterocycles. The van der Waals surface area contributed by atoms with Crippen molar-refractivity contribution in [1.82, 2.24) is 10.2 Å². The Morgan fingerprint density at radius 3 is 2.10 bits per heavy atom. The van der Waals surface area contributed by atoms with Crippen LogP contribution in [0.4, 0.5) is 9.59 Å². The van der Waals surface area contributed by atoms with Gasteiger partial charge in [-0.3, -0.25) is 9.69 Å². The summed E-state index contributed by atoms with van der Waals surface area (Å²) in [5.74, 6) is -4.04. The number of likely N-dealkylation sites (tertiary alicyclic amines) is 1. The molecule has 4 fully saturated rings. The van der Waals surface area contributed by atoms with Gasteiger partial charge in [0.25, 0.3) is 0 Å². The summed E-state index contributed by atoms with van der Waals surface area (Å²) < 4.78 is 41.1. The Labute approximate surface area is 284 Å². The zero-order valence-electron chi connectivity index (χ0n) is 29.9. The largest absolute Gasteiger partial charge is 0.467 e.